The van der Waals surface area contributed by atoms with Gasteiger partial charge in [0.05, 0.1) is 18.1 Å². The minimum atomic E-state index is -3.37. The maximum Gasteiger partial charge on any atom is 0.335 e. The number of carbonyl (C=O) groups is 1. The lowest BCUT2D eigenvalue weighted by atomic mass is 9.98. The molecule has 2 atom stereocenters. The zero-order chi connectivity index (χ0) is 20.4. The van der Waals surface area contributed by atoms with E-state index in [9.17, 15) is 23.8 Å². The predicted molar refractivity (Wildman–Crippen MR) is 98.6 cm³/mol. The number of hydrogen-bond acceptors (Lipinski definition) is 5. The second-order valence-corrected chi connectivity index (χ2v) is 9.00. The standard InChI is InChI=1S/C18H23F2NO5S/c1-11(2)9-21-27(10-22,25-4)13-5-6-15-12(7-13)8-14(17(23)24)16(26-15)18(3,19)20/h5-8,11,16,21-22H,9H2,1-4H3,(H,23,24). The number of aliphatic hydroxyl groups is 1. The monoisotopic (exact) mass is 403 g/mol. The minimum Gasteiger partial charge on any atom is -0.478 e. The Balaban J connectivity index is 2.54. The highest BCUT2D eigenvalue weighted by Gasteiger charge is 2.44. The fourth-order valence-electron chi connectivity index (χ4n) is 2.55. The summed E-state index contributed by atoms with van der Waals surface area (Å²) in [7, 11) is -1.07. The van der Waals surface area contributed by atoms with Crippen molar-refractivity contribution in [1.29, 1.82) is 0 Å². The lowest BCUT2D eigenvalue weighted by Crippen LogP contribution is -2.41. The van der Waals surface area contributed by atoms with Crippen LogP contribution in [0, 0.1) is 11.3 Å². The van der Waals surface area contributed by atoms with Crippen LogP contribution >= 0.6 is 9.90 Å². The van der Waals surface area contributed by atoms with Gasteiger partial charge in [0.15, 0.2) is 6.10 Å². The molecule has 0 aromatic heterocycles. The van der Waals surface area contributed by atoms with Gasteiger partial charge < -0.3 is 19.1 Å². The molecule has 1 aliphatic rings. The molecule has 0 bridgehead atoms. The highest BCUT2D eigenvalue weighted by atomic mass is 32.2. The van der Waals surface area contributed by atoms with Crippen molar-refractivity contribution in [2.24, 2.45) is 5.92 Å². The van der Waals surface area contributed by atoms with Crippen molar-refractivity contribution in [3.8, 4) is 11.1 Å². The number of alkyl halides is 2. The first kappa shape index (κ1) is 21.4. The summed E-state index contributed by atoms with van der Waals surface area (Å²) in [5.41, 5.74) is -0.238. The second-order valence-electron chi connectivity index (χ2n) is 6.62. The molecule has 1 aromatic rings. The third-order valence-electron chi connectivity index (χ3n) is 3.93. The van der Waals surface area contributed by atoms with Crippen molar-refractivity contribution >= 4 is 21.9 Å². The van der Waals surface area contributed by atoms with Gasteiger partial charge >= 0.3 is 5.97 Å². The maximum absolute atomic E-state index is 13.8. The zero-order valence-electron chi connectivity index (χ0n) is 15.5. The smallest absolute Gasteiger partial charge is 0.335 e. The van der Waals surface area contributed by atoms with E-state index in [4.69, 9.17) is 8.92 Å². The molecule has 0 saturated heterocycles. The Bertz CT molecular complexity index is 876. The van der Waals surface area contributed by atoms with Crippen LogP contribution in [0.4, 0.5) is 8.78 Å². The highest BCUT2D eigenvalue weighted by Crippen LogP contribution is 2.44. The second kappa shape index (κ2) is 8.00. The molecule has 0 amide bonds. The SMILES string of the molecule is COS(#CO)(NCC(C)C)c1ccc2c(c1)C=C(C(=O)O)C(C(C)(F)F)O2. The molecule has 0 fully saturated rings. The lowest BCUT2D eigenvalue weighted by Gasteiger charge is -2.30. The quantitative estimate of drug-likeness (QED) is 0.710. The van der Waals surface area contributed by atoms with Crippen LogP contribution in [-0.2, 0) is 8.98 Å². The van der Waals surface area contributed by atoms with Crippen molar-refractivity contribution in [3.63, 3.8) is 0 Å². The molecular formula is C18H23F2NO5S. The lowest BCUT2D eigenvalue weighted by molar-refractivity contribution is -0.137. The van der Waals surface area contributed by atoms with Crippen LogP contribution in [0.3, 0.4) is 0 Å². The molecule has 6 nitrogen and oxygen atoms in total. The number of carboxylic acid groups (broad SMARTS) is 1. The Morgan fingerprint density at radius 2 is 2.15 bits per heavy atom. The number of rotatable bonds is 4. The first-order valence-electron chi connectivity index (χ1n) is 8.22. The van der Waals surface area contributed by atoms with Crippen LogP contribution in [-0.4, -0.2) is 41.9 Å². The summed E-state index contributed by atoms with van der Waals surface area (Å²) < 4.78 is 41.4. The predicted octanol–water partition coefficient (Wildman–Crippen LogP) is 3.75. The van der Waals surface area contributed by atoms with Gasteiger partial charge in [0, 0.05) is 33.8 Å². The number of fused-ring (bicyclic) bond motifs is 1. The van der Waals surface area contributed by atoms with Crippen molar-refractivity contribution in [2.75, 3.05) is 13.7 Å². The molecular weight excluding hydrogens is 380 g/mol. The third kappa shape index (κ3) is 4.51. The van der Waals surface area contributed by atoms with E-state index in [1.807, 2.05) is 13.8 Å². The van der Waals surface area contributed by atoms with Crippen LogP contribution in [0.15, 0.2) is 28.7 Å². The van der Waals surface area contributed by atoms with E-state index in [-0.39, 0.29) is 11.7 Å². The molecule has 0 radical (unpaired) electrons. The van der Waals surface area contributed by atoms with Crippen LogP contribution < -0.4 is 9.46 Å². The summed E-state index contributed by atoms with van der Waals surface area (Å²) >= 11 is 0. The zero-order valence-corrected chi connectivity index (χ0v) is 16.3. The van der Waals surface area contributed by atoms with Crippen molar-refractivity contribution in [3.05, 3.63) is 29.3 Å². The first-order valence-corrected chi connectivity index (χ1v) is 9.77. The Morgan fingerprint density at radius 1 is 1.48 bits per heavy atom. The molecule has 0 spiro atoms. The largest absolute Gasteiger partial charge is 0.478 e. The van der Waals surface area contributed by atoms with Gasteiger partial charge in [0.25, 0.3) is 5.92 Å². The summed E-state index contributed by atoms with van der Waals surface area (Å²) in [6, 6.07) is 4.56. The number of hydrogen-bond donors (Lipinski definition) is 3. The maximum atomic E-state index is 13.8. The molecule has 0 saturated carbocycles. The minimum absolute atomic E-state index is 0.126. The summed E-state index contributed by atoms with van der Waals surface area (Å²) in [6.45, 7) is 5.11. The van der Waals surface area contributed by atoms with E-state index in [2.05, 4.69) is 10.1 Å². The molecule has 2 rings (SSSR count). The van der Waals surface area contributed by atoms with E-state index in [0.29, 0.717) is 23.9 Å². The van der Waals surface area contributed by atoms with Crippen LogP contribution in [0.5, 0.6) is 5.75 Å². The van der Waals surface area contributed by atoms with Gasteiger partial charge in [-0.15, -0.1) is 0 Å². The Kier molecular flexibility index (Phi) is 6.34. The molecule has 27 heavy (non-hydrogen) atoms. The third-order valence-corrected chi connectivity index (χ3v) is 6.18. The van der Waals surface area contributed by atoms with E-state index < -0.39 is 33.5 Å². The number of aliphatic hydroxyl groups excluding tert-OH is 1. The number of halogens is 2. The van der Waals surface area contributed by atoms with Gasteiger partial charge in [-0.3, -0.25) is 0 Å². The Hall–Kier alpha value is -1.90. The molecule has 2 unspecified atom stereocenters. The average Bonchev–Trinajstić information content (AvgIpc) is 2.60. The molecule has 150 valence electrons. The van der Waals surface area contributed by atoms with Crippen LogP contribution in [0.25, 0.3) is 6.08 Å². The number of aliphatic carboxylic acids is 1. The molecule has 1 aliphatic heterocycles. The highest BCUT2D eigenvalue weighted by molar-refractivity contribution is 8.18. The number of carboxylic acids is 1. The Morgan fingerprint density at radius 3 is 2.63 bits per heavy atom. The van der Waals surface area contributed by atoms with Gasteiger partial charge in [-0.1, -0.05) is 13.8 Å². The number of nitrogens with one attached hydrogen (secondary N) is 1. The van der Waals surface area contributed by atoms with Crippen molar-refractivity contribution in [2.45, 2.75) is 37.7 Å². The Labute approximate surface area is 157 Å². The first-order chi connectivity index (χ1) is 12.5. The molecule has 9 heteroatoms. The summed E-state index contributed by atoms with van der Waals surface area (Å²) in [6.07, 6.45) is -0.727. The fraction of sp³-hybridized carbons (Fsp3) is 0.444. The number of ether oxygens (including phenoxy) is 1. The molecule has 3 N–H and O–H groups in total. The van der Waals surface area contributed by atoms with Gasteiger partial charge in [-0.05, 0) is 30.2 Å². The summed E-state index contributed by atoms with van der Waals surface area (Å²) in [5, 5.41) is 21.2. The van der Waals surface area contributed by atoms with E-state index in [0.717, 1.165) is 6.08 Å². The van der Waals surface area contributed by atoms with Gasteiger partial charge in [-0.2, -0.15) is 0 Å². The average molecular weight is 403 g/mol. The topological polar surface area (TPSA) is 88.0 Å². The molecule has 1 heterocycles. The van der Waals surface area contributed by atoms with E-state index in [1.165, 1.54) is 19.2 Å². The van der Waals surface area contributed by atoms with E-state index >= 15 is 0 Å². The van der Waals surface area contributed by atoms with Gasteiger partial charge in [-0.25, -0.2) is 18.3 Å². The molecule has 0 aliphatic carbocycles. The van der Waals surface area contributed by atoms with Gasteiger partial charge in [0.2, 0.25) is 0 Å². The normalized spacial score (nSPS) is 18.8. The molecule has 1 aromatic carbocycles. The fourth-order valence-corrected chi connectivity index (χ4v) is 4.40. The van der Waals surface area contributed by atoms with Crippen LogP contribution in [0.1, 0.15) is 26.3 Å². The van der Waals surface area contributed by atoms with E-state index in [1.54, 1.807) is 6.07 Å². The van der Waals surface area contributed by atoms with Crippen LogP contribution in [0.2, 0.25) is 0 Å². The van der Waals surface area contributed by atoms with Crippen molar-refractivity contribution in [1.82, 2.24) is 4.72 Å². The van der Waals surface area contributed by atoms with Crippen molar-refractivity contribution < 1.29 is 32.7 Å². The summed E-state index contributed by atoms with van der Waals surface area (Å²) in [4.78, 5) is 11.9. The van der Waals surface area contributed by atoms with Gasteiger partial charge in [0.1, 0.15) is 5.75 Å². The summed E-state index contributed by atoms with van der Waals surface area (Å²) in [5.74, 6) is -4.46. The number of benzene rings is 1.